The molecule has 38 heavy (non-hydrogen) atoms. The Morgan fingerprint density at radius 1 is 1.05 bits per heavy atom. The van der Waals surface area contributed by atoms with Gasteiger partial charge in [0.2, 0.25) is 5.91 Å². The second-order valence-electron chi connectivity index (χ2n) is 11.6. The molecular weight excluding hydrogens is 478 g/mol. The van der Waals surface area contributed by atoms with Crippen molar-refractivity contribution < 1.29 is 19.1 Å². The lowest BCUT2D eigenvalue weighted by Crippen LogP contribution is -2.44. The number of methoxy groups -OCH3 is 1. The number of rotatable bonds is 14. The number of carbonyl (C=O) groups is 2. The van der Waals surface area contributed by atoms with Crippen LogP contribution >= 0.6 is 0 Å². The smallest absolute Gasteiger partial charge is 0.254 e. The van der Waals surface area contributed by atoms with Crippen LogP contribution in [0.1, 0.15) is 81.6 Å². The average molecular weight is 530 g/mol. The van der Waals surface area contributed by atoms with Gasteiger partial charge in [0.1, 0.15) is 5.75 Å². The van der Waals surface area contributed by atoms with E-state index in [9.17, 15) is 9.59 Å². The van der Waals surface area contributed by atoms with E-state index >= 15 is 0 Å². The number of nitrogens with zero attached hydrogens (tertiary/aromatic N) is 2. The molecule has 1 saturated heterocycles. The second-order valence-corrected chi connectivity index (χ2v) is 11.6. The first-order valence-electron chi connectivity index (χ1n) is 14.8. The summed E-state index contributed by atoms with van der Waals surface area (Å²) >= 11 is 0. The highest BCUT2D eigenvalue weighted by Gasteiger charge is 2.33. The SMILES string of the molecule is CCc1ccc(C(=O)N(C[C@@H]2CNC[C@H]2CN(C)C(=O)CC2CCCCC2)C(C)C)cc1OCCCOC. The Balaban J connectivity index is 1.63. The number of carbonyl (C=O) groups excluding carboxylic acids is 2. The molecule has 0 bridgehead atoms. The lowest BCUT2D eigenvalue weighted by Gasteiger charge is -2.33. The van der Waals surface area contributed by atoms with Crippen LogP contribution in [-0.2, 0) is 16.0 Å². The molecule has 2 amide bonds. The van der Waals surface area contributed by atoms with Crippen LogP contribution in [0.3, 0.4) is 0 Å². The molecule has 214 valence electrons. The molecule has 1 heterocycles. The fourth-order valence-electron chi connectivity index (χ4n) is 5.91. The molecule has 1 saturated carbocycles. The normalized spacial score (nSPS) is 20.1. The minimum Gasteiger partial charge on any atom is -0.493 e. The highest BCUT2D eigenvalue weighted by molar-refractivity contribution is 5.95. The second kappa shape index (κ2) is 15.5. The fraction of sp³-hybridized carbons (Fsp3) is 0.742. The number of nitrogens with one attached hydrogen (secondary N) is 1. The third-order valence-corrected chi connectivity index (χ3v) is 8.36. The maximum atomic E-state index is 13.7. The monoisotopic (exact) mass is 529 g/mol. The molecule has 1 aliphatic heterocycles. The molecule has 0 unspecified atom stereocenters. The van der Waals surface area contributed by atoms with E-state index in [1.807, 2.05) is 35.0 Å². The lowest BCUT2D eigenvalue weighted by atomic mass is 9.86. The zero-order valence-corrected chi connectivity index (χ0v) is 24.5. The number of aryl methyl sites for hydroxylation is 1. The Morgan fingerprint density at radius 2 is 1.76 bits per heavy atom. The average Bonchev–Trinajstić information content (AvgIpc) is 3.36. The van der Waals surface area contributed by atoms with Gasteiger partial charge in [-0.05, 0) is 68.6 Å². The van der Waals surface area contributed by atoms with Crippen molar-refractivity contribution in [3.8, 4) is 5.75 Å². The molecule has 3 rings (SSSR count). The zero-order chi connectivity index (χ0) is 27.5. The van der Waals surface area contributed by atoms with Gasteiger partial charge in [-0.1, -0.05) is 32.3 Å². The van der Waals surface area contributed by atoms with E-state index in [1.54, 1.807) is 7.11 Å². The number of hydrogen-bond donors (Lipinski definition) is 1. The predicted octanol–water partition coefficient (Wildman–Crippen LogP) is 4.78. The van der Waals surface area contributed by atoms with Crippen molar-refractivity contribution >= 4 is 11.8 Å². The number of hydrogen-bond acceptors (Lipinski definition) is 5. The molecule has 2 atom stereocenters. The molecule has 1 N–H and O–H groups in total. The van der Waals surface area contributed by atoms with E-state index in [4.69, 9.17) is 9.47 Å². The summed E-state index contributed by atoms with van der Waals surface area (Å²) in [6.07, 6.45) is 8.56. The van der Waals surface area contributed by atoms with E-state index in [0.717, 1.165) is 43.8 Å². The summed E-state index contributed by atoms with van der Waals surface area (Å²) < 4.78 is 11.2. The predicted molar refractivity (Wildman–Crippen MR) is 153 cm³/mol. The maximum absolute atomic E-state index is 13.7. The lowest BCUT2D eigenvalue weighted by molar-refractivity contribution is -0.131. The van der Waals surface area contributed by atoms with Gasteiger partial charge in [0.15, 0.2) is 0 Å². The third-order valence-electron chi connectivity index (χ3n) is 8.36. The van der Waals surface area contributed by atoms with Crippen molar-refractivity contribution in [2.45, 2.75) is 78.2 Å². The number of amides is 2. The van der Waals surface area contributed by atoms with Gasteiger partial charge in [0.05, 0.1) is 6.61 Å². The summed E-state index contributed by atoms with van der Waals surface area (Å²) in [5, 5.41) is 3.52. The first kappa shape index (κ1) is 30.4. The van der Waals surface area contributed by atoms with Crippen LogP contribution in [0.4, 0.5) is 0 Å². The van der Waals surface area contributed by atoms with Crippen molar-refractivity contribution in [2.75, 3.05) is 53.6 Å². The van der Waals surface area contributed by atoms with E-state index < -0.39 is 0 Å². The van der Waals surface area contributed by atoms with Gasteiger partial charge in [0, 0.05) is 71.4 Å². The number of benzene rings is 1. The third kappa shape index (κ3) is 8.70. The molecule has 0 spiro atoms. The van der Waals surface area contributed by atoms with Crippen LogP contribution in [0.25, 0.3) is 0 Å². The molecule has 2 aliphatic rings. The Morgan fingerprint density at radius 3 is 2.42 bits per heavy atom. The molecule has 1 aromatic carbocycles. The highest BCUT2D eigenvalue weighted by atomic mass is 16.5. The van der Waals surface area contributed by atoms with Crippen LogP contribution in [0.5, 0.6) is 5.75 Å². The van der Waals surface area contributed by atoms with E-state index in [1.165, 1.54) is 32.1 Å². The Kier molecular flexibility index (Phi) is 12.4. The minimum atomic E-state index is 0.0387. The van der Waals surface area contributed by atoms with Gasteiger partial charge in [-0.2, -0.15) is 0 Å². The summed E-state index contributed by atoms with van der Waals surface area (Å²) in [5.41, 5.74) is 1.77. The van der Waals surface area contributed by atoms with Gasteiger partial charge < -0.3 is 24.6 Å². The van der Waals surface area contributed by atoms with E-state index in [2.05, 4.69) is 26.1 Å². The fourth-order valence-corrected chi connectivity index (χ4v) is 5.91. The van der Waals surface area contributed by atoms with Crippen molar-refractivity contribution in [1.82, 2.24) is 15.1 Å². The molecule has 7 heteroatoms. The van der Waals surface area contributed by atoms with E-state index in [0.29, 0.717) is 49.5 Å². The highest BCUT2D eigenvalue weighted by Crippen LogP contribution is 2.28. The summed E-state index contributed by atoms with van der Waals surface area (Å²) in [6.45, 7) is 10.7. The summed E-state index contributed by atoms with van der Waals surface area (Å²) in [6, 6.07) is 5.93. The first-order valence-corrected chi connectivity index (χ1v) is 14.8. The summed E-state index contributed by atoms with van der Waals surface area (Å²) in [5.74, 6) is 2.30. The van der Waals surface area contributed by atoms with Crippen LogP contribution in [0.15, 0.2) is 18.2 Å². The summed E-state index contributed by atoms with van der Waals surface area (Å²) in [7, 11) is 3.64. The Bertz CT molecular complexity index is 884. The van der Waals surface area contributed by atoms with Gasteiger partial charge in [-0.3, -0.25) is 9.59 Å². The maximum Gasteiger partial charge on any atom is 0.254 e. The van der Waals surface area contributed by atoms with Crippen LogP contribution in [0, 0.1) is 17.8 Å². The van der Waals surface area contributed by atoms with E-state index in [-0.39, 0.29) is 17.9 Å². The van der Waals surface area contributed by atoms with Gasteiger partial charge >= 0.3 is 0 Å². The minimum absolute atomic E-state index is 0.0387. The molecular formula is C31H51N3O4. The van der Waals surface area contributed by atoms with Crippen LogP contribution in [-0.4, -0.2) is 81.2 Å². The standard InChI is InChI=1S/C31H51N3O4/c1-6-25-13-14-26(18-29(25)38-16-10-15-37-5)31(36)34(23(2)3)22-28-20-32-19-27(28)21-33(4)30(35)17-24-11-8-7-9-12-24/h13-14,18,23-24,27-28,32H,6-12,15-17,19-22H2,1-5H3/t27-,28-/m0/s1. The van der Waals surface area contributed by atoms with Crippen molar-refractivity contribution in [2.24, 2.45) is 17.8 Å². The first-order chi connectivity index (χ1) is 18.3. The molecule has 1 aromatic rings. The largest absolute Gasteiger partial charge is 0.493 e. The van der Waals surface area contributed by atoms with Crippen LogP contribution in [0.2, 0.25) is 0 Å². The topological polar surface area (TPSA) is 71.1 Å². The quantitative estimate of drug-likeness (QED) is 0.351. The zero-order valence-electron chi connectivity index (χ0n) is 24.5. The van der Waals surface area contributed by atoms with Gasteiger partial charge in [-0.15, -0.1) is 0 Å². The van der Waals surface area contributed by atoms with Crippen LogP contribution < -0.4 is 10.1 Å². The Labute approximate surface area is 230 Å². The van der Waals surface area contributed by atoms with Crippen molar-refractivity contribution in [3.63, 3.8) is 0 Å². The molecule has 0 aromatic heterocycles. The molecule has 1 aliphatic carbocycles. The van der Waals surface area contributed by atoms with Crippen molar-refractivity contribution in [1.29, 1.82) is 0 Å². The van der Waals surface area contributed by atoms with Crippen molar-refractivity contribution in [3.05, 3.63) is 29.3 Å². The molecule has 7 nitrogen and oxygen atoms in total. The summed E-state index contributed by atoms with van der Waals surface area (Å²) in [4.78, 5) is 30.6. The molecule has 0 radical (unpaired) electrons. The van der Waals surface area contributed by atoms with Gasteiger partial charge in [-0.25, -0.2) is 0 Å². The Hall–Kier alpha value is -2.12. The van der Waals surface area contributed by atoms with Gasteiger partial charge in [0.25, 0.3) is 5.91 Å². The molecule has 2 fully saturated rings. The number of ether oxygens (including phenoxy) is 2.